The van der Waals surface area contributed by atoms with E-state index in [9.17, 15) is 4.79 Å². The van der Waals surface area contributed by atoms with E-state index in [2.05, 4.69) is 15.5 Å². The molecule has 1 atom stereocenters. The van der Waals surface area contributed by atoms with Gasteiger partial charge in [-0.1, -0.05) is 11.3 Å². The van der Waals surface area contributed by atoms with Gasteiger partial charge >= 0.3 is 0 Å². The second-order valence-electron chi connectivity index (χ2n) is 3.50. The molecule has 1 heterocycles. The quantitative estimate of drug-likeness (QED) is 0.766. The largest absolute Gasteiger partial charge is 0.327 e. The van der Waals surface area contributed by atoms with Crippen LogP contribution in [0.4, 0.5) is 5.13 Å². The third-order valence-corrected chi connectivity index (χ3v) is 2.86. The number of amides is 1. The third kappa shape index (κ3) is 2.49. The van der Waals surface area contributed by atoms with Crippen molar-refractivity contribution in [2.75, 3.05) is 5.32 Å². The molecule has 1 aromatic rings. The van der Waals surface area contributed by atoms with Crippen molar-refractivity contribution in [3.63, 3.8) is 0 Å². The molecule has 5 nitrogen and oxygen atoms in total. The summed E-state index contributed by atoms with van der Waals surface area (Å²) in [5, 5.41) is 10.5. The molecule has 3 N–H and O–H groups in total. The van der Waals surface area contributed by atoms with Crippen LogP contribution in [0.25, 0.3) is 0 Å². The van der Waals surface area contributed by atoms with Gasteiger partial charge in [-0.2, -0.15) is 0 Å². The number of hydrogen-bond donors (Lipinski definition) is 2. The van der Waals surface area contributed by atoms with E-state index < -0.39 is 0 Å². The summed E-state index contributed by atoms with van der Waals surface area (Å²) in [6, 6.07) is 0.00271. The Morgan fingerprint density at radius 3 is 3.14 bits per heavy atom. The first-order chi connectivity index (χ1) is 6.75. The second-order valence-corrected chi connectivity index (χ2v) is 4.33. The molecule has 0 bridgehead atoms. The molecule has 1 fully saturated rings. The first kappa shape index (κ1) is 9.54. The number of carbonyl (C=O) groups is 1. The Hall–Kier alpha value is -1.01. The number of anilines is 1. The molecule has 1 aliphatic rings. The summed E-state index contributed by atoms with van der Waals surface area (Å²) >= 11 is 1.31. The summed E-state index contributed by atoms with van der Waals surface area (Å²) < 4.78 is 0. The van der Waals surface area contributed by atoms with Crippen LogP contribution < -0.4 is 11.1 Å². The van der Waals surface area contributed by atoms with E-state index in [1.165, 1.54) is 11.3 Å². The first-order valence-electron chi connectivity index (χ1n) is 4.57. The number of hydrogen-bond acceptors (Lipinski definition) is 5. The molecular weight excluding hydrogens is 200 g/mol. The van der Waals surface area contributed by atoms with Gasteiger partial charge in [0.05, 0.1) is 0 Å². The maximum Gasteiger partial charge on any atom is 0.227 e. The molecule has 1 aromatic heterocycles. The number of aromatic nitrogens is 2. The van der Waals surface area contributed by atoms with Gasteiger partial charge in [-0.25, -0.2) is 0 Å². The average molecular weight is 212 g/mol. The molecule has 2 rings (SSSR count). The van der Waals surface area contributed by atoms with Crippen LogP contribution in [0.3, 0.4) is 0 Å². The Morgan fingerprint density at radius 2 is 2.57 bits per heavy atom. The van der Waals surface area contributed by atoms with Crippen molar-refractivity contribution >= 4 is 22.4 Å². The topological polar surface area (TPSA) is 80.9 Å². The fourth-order valence-electron chi connectivity index (χ4n) is 1.30. The molecule has 0 aliphatic heterocycles. The lowest BCUT2D eigenvalue weighted by Crippen LogP contribution is -2.28. The highest BCUT2D eigenvalue weighted by Crippen LogP contribution is 2.32. The maximum atomic E-state index is 11.4. The number of nitrogens with zero attached hydrogens (tertiary/aromatic N) is 2. The minimum absolute atomic E-state index is 0.00271. The van der Waals surface area contributed by atoms with Gasteiger partial charge in [0.25, 0.3) is 0 Å². The zero-order chi connectivity index (χ0) is 9.97. The summed E-state index contributed by atoms with van der Waals surface area (Å²) in [5.74, 6) is 0.483. The molecule has 1 aliphatic carbocycles. The molecule has 6 heteroatoms. The lowest BCUT2D eigenvalue weighted by molar-refractivity contribution is -0.116. The monoisotopic (exact) mass is 212 g/mol. The van der Waals surface area contributed by atoms with Gasteiger partial charge in [-0.05, 0) is 18.8 Å². The normalized spacial score (nSPS) is 17.8. The zero-order valence-corrected chi connectivity index (χ0v) is 8.46. The van der Waals surface area contributed by atoms with Gasteiger partial charge in [0, 0.05) is 12.5 Å². The molecule has 0 spiro atoms. The highest BCUT2D eigenvalue weighted by molar-refractivity contribution is 7.13. The summed E-state index contributed by atoms with van der Waals surface area (Å²) in [5.41, 5.74) is 7.40. The lowest BCUT2D eigenvalue weighted by atomic mass is 10.1. The number of nitrogens with two attached hydrogens (primary N) is 1. The van der Waals surface area contributed by atoms with Crippen molar-refractivity contribution in [2.24, 2.45) is 11.7 Å². The molecular formula is C8H12N4OS. The van der Waals surface area contributed by atoms with Gasteiger partial charge in [0.15, 0.2) is 0 Å². The molecule has 1 saturated carbocycles. The first-order valence-corrected chi connectivity index (χ1v) is 5.45. The predicted molar refractivity (Wildman–Crippen MR) is 53.9 cm³/mol. The van der Waals surface area contributed by atoms with Crippen molar-refractivity contribution < 1.29 is 4.79 Å². The zero-order valence-electron chi connectivity index (χ0n) is 7.64. The molecule has 1 amide bonds. The molecule has 1 unspecified atom stereocenters. The van der Waals surface area contributed by atoms with Crippen LogP contribution in [0.2, 0.25) is 0 Å². The molecule has 0 radical (unpaired) electrons. The van der Waals surface area contributed by atoms with E-state index in [1.807, 2.05) is 0 Å². The highest BCUT2D eigenvalue weighted by Gasteiger charge is 2.29. The molecule has 0 aromatic carbocycles. The average Bonchev–Trinajstić information content (AvgIpc) is 2.87. The Kier molecular flexibility index (Phi) is 2.74. The van der Waals surface area contributed by atoms with E-state index in [0.717, 1.165) is 12.8 Å². The van der Waals surface area contributed by atoms with Crippen LogP contribution in [0.5, 0.6) is 0 Å². The van der Waals surface area contributed by atoms with Crippen LogP contribution in [0, 0.1) is 5.92 Å². The van der Waals surface area contributed by atoms with E-state index >= 15 is 0 Å². The Bertz CT molecular complexity index is 309. The van der Waals surface area contributed by atoms with Crippen molar-refractivity contribution in [1.82, 2.24) is 10.2 Å². The van der Waals surface area contributed by atoms with Crippen LogP contribution in [-0.2, 0) is 4.79 Å². The highest BCUT2D eigenvalue weighted by atomic mass is 32.1. The second kappa shape index (κ2) is 4.02. The predicted octanol–water partition coefficient (Wildman–Crippen LogP) is 0.604. The Morgan fingerprint density at radius 1 is 1.79 bits per heavy atom. The van der Waals surface area contributed by atoms with Crippen LogP contribution in [-0.4, -0.2) is 22.1 Å². The van der Waals surface area contributed by atoms with E-state index in [1.54, 1.807) is 5.51 Å². The number of carbonyl (C=O) groups excluding carboxylic acids is 1. The Balaban J connectivity index is 1.78. The fraction of sp³-hybridized carbons (Fsp3) is 0.625. The van der Waals surface area contributed by atoms with Gasteiger partial charge in [-0.15, -0.1) is 10.2 Å². The van der Waals surface area contributed by atoms with Crippen molar-refractivity contribution in [2.45, 2.75) is 25.3 Å². The SMILES string of the molecule is NC(CC(=O)Nc1nncs1)C1CC1. The van der Waals surface area contributed by atoms with Gasteiger partial charge < -0.3 is 11.1 Å². The Labute approximate surface area is 85.7 Å². The summed E-state index contributed by atoms with van der Waals surface area (Å²) in [6.45, 7) is 0. The van der Waals surface area contributed by atoms with Gasteiger partial charge in [-0.3, -0.25) is 4.79 Å². The summed E-state index contributed by atoms with van der Waals surface area (Å²) in [7, 11) is 0. The van der Waals surface area contributed by atoms with Crippen molar-refractivity contribution in [3.8, 4) is 0 Å². The fourth-order valence-corrected chi connectivity index (χ4v) is 1.76. The van der Waals surface area contributed by atoms with E-state index in [4.69, 9.17) is 5.73 Å². The maximum absolute atomic E-state index is 11.4. The van der Waals surface area contributed by atoms with Crippen LogP contribution in [0.15, 0.2) is 5.51 Å². The van der Waals surface area contributed by atoms with Crippen molar-refractivity contribution in [1.29, 1.82) is 0 Å². The van der Waals surface area contributed by atoms with E-state index in [0.29, 0.717) is 17.5 Å². The minimum atomic E-state index is -0.0684. The van der Waals surface area contributed by atoms with Gasteiger partial charge in [0.1, 0.15) is 5.51 Å². The third-order valence-electron chi connectivity index (χ3n) is 2.25. The lowest BCUT2D eigenvalue weighted by Gasteiger charge is -2.08. The number of rotatable bonds is 4. The number of nitrogens with one attached hydrogen (secondary N) is 1. The van der Waals surface area contributed by atoms with E-state index in [-0.39, 0.29) is 11.9 Å². The minimum Gasteiger partial charge on any atom is -0.327 e. The summed E-state index contributed by atoms with van der Waals surface area (Å²) in [6.07, 6.45) is 2.70. The van der Waals surface area contributed by atoms with Crippen LogP contribution >= 0.6 is 11.3 Å². The van der Waals surface area contributed by atoms with Crippen LogP contribution in [0.1, 0.15) is 19.3 Å². The molecule has 76 valence electrons. The smallest absolute Gasteiger partial charge is 0.227 e. The summed E-state index contributed by atoms with van der Waals surface area (Å²) in [4.78, 5) is 11.4. The van der Waals surface area contributed by atoms with Crippen molar-refractivity contribution in [3.05, 3.63) is 5.51 Å². The molecule has 14 heavy (non-hydrogen) atoms. The molecule has 0 saturated heterocycles. The standard InChI is InChI=1S/C8H12N4OS/c9-6(5-1-2-5)3-7(13)11-8-12-10-4-14-8/h4-6H,1-3,9H2,(H,11,12,13). The van der Waals surface area contributed by atoms with Gasteiger partial charge in [0.2, 0.25) is 11.0 Å².